The average molecular weight is 329 g/mol. The number of rotatable bonds is 3. The number of carbonyl (C=O) groups excluding carboxylic acids is 1. The highest BCUT2D eigenvalue weighted by atomic mass is 35.5. The van der Waals surface area contributed by atoms with Crippen molar-refractivity contribution >= 4 is 23.3 Å². The number of urea groups is 1. The van der Waals surface area contributed by atoms with Crippen molar-refractivity contribution in [2.75, 3.05) is 5.32 Å². The normalized spacial score (nSPS) is 11.9. The van der Waals surface area contributed by atoms with Crippen molar-refractivity contribution < 1.29 is 18.0 Å². The molecule has 0 saturated heterocycles. The SMILES string of the molecule is C[C@H](NC(=O)Nc1ccc(F)c(F)c1F)c1cccc(Cl)c1. The van der Waals surface area contributed by atoms with E-state index in [0.717, 1.165) is 17.7 Å². The lowest BCUT2D eigenvalue weighted by molar-refractivity contribution is 0.249. The molecule has 2 N–H and O–H groups in total. The van der Waals surface area contributed by atoms with Crippen LogP contribution in [-0.2, 0) is 0 Å². The van der Waals surface area contributed by atoms with Crippen molar-refractivity contribution in [2.45, 2.75) is 13.0 Å². The first kappa shape index (κ1) is 16.2. The van der Waals surface area contributed by atoms with Gasteiger partial charge in [-0.1, -0.05) is 23.7 Å². The Kier molecular flexibility index (Phi) is 4.92. The molecule has 0 unspecified atom stereocenters. The van der Waals surface area contributed by atoms with E-state index in [9.17, 15) is 18.0 Å². The summed E-state index contributed by atoms with van der Waals surface area (Å²) in [7, 11) is 0. The first-order valence-electron chi connectivity index (χ1n) is 6.35. The smallest absolute Gasteiger partial charge is 0.319 e. The Morgan fingerprint density at radius 2 is 1.86 bits per heavy atom. The number of hydrogen-bond donors (Lipinski definition) is 2. The minimum atomic E-state index is -1.64. The molecule has 2 aromatic rings. The Bertz CT molecular complexity index is 709. The van der Waals surface area contributed by atoms with Crippen LogP contribution in [0.1, 0.15) is 18.5 Å². The molecule has 0 aliphatic rings. The number of amides is 2. The third-order valence-electron chi connectivity index (χ3n) is 2.98. The summed E-state index contributed by atoms with van der Waals surface area (Å²) < 4.78 is 39.3. The fourth-order valence-corrected chi connectivity index (χ4v) is 2.04. The van der Waals surface area contributed by atoms with E-state index in [1.54, 1.807) is 31.2 Å². The monoisotopic (exact) mass is 328 g/mol. The molecule has 0 spiro atoms. The van der Waals surface area contributed by atoms with Crippen LogP contribution in [0.15, 0.2) is 36.4 Å². The van der Waals surface area contributed by atoms with Crippen LogP contribution in [0.2, 0.25) is 5.02 Å². The fraction of sp³-hybridized carbons (Fsp3) is 0.133. The molecule has 0 aliphatic carbocycles. The second kappa shape index (κ2) is 6.70. The molecule has 0 saturated carbocycles. The standard InChI is InChI=1S/C15H12ClF3N2O/c1-8(9-3-2-4-10(16)7-9)20-15(22)21-12-6-5-11(17)13(18)14(12)19/h2-8H,1H3,(H2,20,21,22)/t8-/m0/s1. The van der Waals surface area contributed by atoms with Crippen LogP contribution >= 0.6 is 11.6 Å². The lowest BCUT2D eigenvalue weighted by Crippen LogP contribution is -2.31. The largest absolute Gasteiger partial charge is 0.331 e. The molecule has 0 bridgehead atoms. The lowest BCUT2D eigenvalue weighted by atomic mass is 10.1. The van der Waals surface area contributed by atoms with Crippen molar-refractivity contribution in [3.8, 4) is 0 Å². The Balaban J connectivity index is 2.06. The number of hydrogen-bond acceptors (Lipinski definition) is 1. The highest BCUT2D eigenvalue weighted by Gasteiger charge is 2.16. The quantitative estimate of drug-likeness (QED) is 0.792. The second-order valence-corrected chi connectivity index (χ2v) is 5.03. The van der Waals surface area contributed by atoms with E-state index in [1.807, 2.05) is 0 Å². The Morgan fingerprint density at radius 3 is 2.55 bits per heavy atom. The Hall–Kier alpha value is -2.21. The Labute approximate surface area is 130 Å². The first-order chi connectivity index (χ1) is 10.4. The maximum Gasteiger partial charge on any atom is 0.319 e. The third kappa shape index (κ3) is 3.71. The minimum Gasteiger partial charge on any atom is -0.331 e. The van der Waals surface area contributed by atoms with Gasteiger partial charge >= 0.3 is 6.03 Å². The minimum absolute atomic E-state index is 0.410. The number of anilines is 1. The van der Waals surface area contributed by atoms with Gasteiger partial charge in [0.2, 0.25) is 0 Å². The summed E-state index contributed by atoms with van der Waals surface area (Å²) >= 11 is 5.85. The van der Waals surface area contributed by atoms with Crippen LogP contribution in [-0.4, -0.2) is 6.03 Å². The average Bonchev–Trinajstić information content (AvgIpc) is 2.48. The zero-order chi connectivity index (χ0) is 16.3. The lowest BCUT2D eigenvalue weighted by Gasteiger charge is -2.15. The molecular weight excluding hydrogens is 317 g/mol. The van der Waals surface area contributed by atoms with Crippen molar-refractivity contribution in [3.05, 3.63) is 64.4 Å². The maximum atomic E-state index is 13.5. The van der Waals surface area contributed by atoms with Gasteiger partial charge in [-0.2, -0.15) is 0 Å². The summed E-state index contributed by atoms with van der Waals surface area (Å²) in [5.74, 6) is -4.41. The molecule has 0 radical (unpaired) electrons. The summed E-state index contributed by atoms with van der Waals surface area (Å²) in [5, 5.41) is 5.18. The third-order valence-corrected chi connectivity index (χ3v) is 3.21. The number of carbonyl (C=O) groups is 1. The van der Waals surface area contributed by atoms with E-state index in [4.69, 9.17) is 11.6 Å². The molecule has 2 rings (SSSR count). The van der Waals surface area contributed by atoms with Crippen LogP contribution < -0.4 is 10.6 Å². The molecule has 0 aromatic heterocycles. The molecule has 2 amide bonds. The molecule has 7 heteroatoms. The Morgan fingerprint density at radius 1 is 1.14 bits per heavy atom. The number of nitrogens with one attached hydrogen (secondary N) is 2. The van der Waals surface area contributed by atoms with Gasteiger partial charge in [0.1, 0.15) is 0 Å². The van der Waals surface area contributed by atoms with Crippen molar-refractivity contribution in [1.29, 1.82) is 0 Å². The zero-order valence-electron chi connectivity index (χ0n) is 11.5. The van der Waals surface area contributed by atoms with Crippen LogP contribution in [0.25, 0.3) is 0 Å². The van der Waals surface area contributed by atoms with Crippen molar-refractivity contribution in [1.82, 2.24) is 5.32 Å². The fourth-order valence-electron chi connectivity index (χ4n) is 1.84. The molecular formula is C15H12ClF3N2O. The molecule has 0 aliphatic heterocycles. The van der Waals surface area contributed by atoms with Crippen LogP contribution in [0.3, 0.4) is 0 Å². The van der Waals surface area contributed by atoms with Gasteiger partial charge in [0.15, 0.2) is 17.5 Å². The van der Waals surface area contributed by atoms with E-state index in [0.29, 0.717) is 5.02 Å². The first-order valence-corrected chi connectivity index (χ1v) is 6.72. The van der Waals surface area contributed by atoms with Gasteiger partial charge in [-0.25, -0.2) is 18.0 Å². The van der Waals surface area contributed by atoms with Crippen LogP contribution in [0.5, 0.6) is 0 Å². The molecule has 3 nitrogen and oxygen atoms in total. The zero-order valence-corrected chi connectivity index (χ0v) is 12.2. The number of halogens is 4. The van der Waals surface area contributed by atoms with Gasteiger partial charge in [-0.15, -0.1) is 0 Å². The highest BCUT2D eigenvalue weighted by Crippen LogP contribution is 2.20. The molecule has 0 fully saturated rings. The summed E-state index contributed by atoms with van der Waals surface area (Å²) in [4.78, 5) is 11.8. The maximum absolute atomic E-state index is 13.5. The summed E-state index contributed by atoms with van der Waals surface area (Å²) in [5.41, 5.74) is 0.295. The topological polar surface area (TPSA) is 41.1 Å². The van der Waals surface area contributed by atoms with E-state index in [1.165, 1.54) is 0 Å². The van der Waals surface area contributed by atoms with Crippen molar-refractivity contribution in [2.24, 2.45) is 0 Å². The van der Waals surface area contributed by atoms with E-state index in [-0.39, 0.29) is 0 Å². The van der Waals surface area contributed by atoms with Crippen LogP contribution in [0, 0.1) is 17.5 Å². The van der Waals surface area contributed by atoms with E-state index >= 15 is 0 Å². The molecule has 116 valence electrons. The van der Waals surface area contributed by atoms with Gasteiger partial charge in [0.25, 0.3) is 0 Å². The van der Waals surface area contributed by atoms with Crippen LogP contribution in [0.4, 0.5) is 23.7 Å². The highest BCUT2D eigenvalue weighted by molar-refractivity contribution is 6.30. The van der Waals surface area contributed by atoms with Gasteiger partial charge in [-0.05, 0) is 36.8 Å². The van der Waals surface area contributed by atoms with Gasteiger partial charge < -0.3 is 10.6 Å². The number of benzene rings is 2. The van der Waals surface area contributed by atoms with Gasteiger partial charge in [0, 0.05) is 5.02 Å². The molecule has 2 aromatic carbocycles. The predicted molar refractivity (Wildman–Crippen MR) is 78.3 cm³/mol. The van der Waals surface area contributed by atoms with Gasteiger partial charge in [-0.3, -0.25) is 0 Å². The van der Waals surface area contributed by atoms with E-state index in [2.05, 4.69) is 10.6 Å². The molecule has 1 atom stereocenters. The summed E-state index contributed by atoms with van der Waals surface area (Å²) in [6.07, 6.45) is 0. The second-order valence-electron chi connectivity index (χ2n) is 4.60. The summed E-state index contributed by atoms with van der Waals surface area (Å²) in [6, 6.07) is 7.35. The molecule has 22 heavy (non-hydrogen) atoms. The van der Waals surface area contributed by atoms with Gasteiger partial charge in [0.05, 0.1) is 11.7 Å². The molecule has 0 heterocycles. The predicted octanol–water partition coefficient (Wildman–Crippen LogP) is 4.64. The van der Waals surface area contributed by atoms with Crippen molar-refractivity contribution in [3.63, 3.8) is 0 Å². The van der Waals surface area contributed by atoms with E-state index < -0.39 is 35.2 Å². The summed E-state index contributed by atoms with van der Waals surface area (Å²) in [6.45, 7) is 1.70.